The van der Waals surface area contributed by atoms with Crippen LogP contribution in [0.15, 0.2) is 29.2 Å². The molecule has 7 heteroatoms. The minimum absolute atomic E-state index is 0.142. The maximum atomic E-state index is 12.9. The highest BCUT2D eigenvalue weighted by Gasteiger charge is 2.29. The fraction of sp³-hybridized carbons (Fsp3) is 0.550. The third kappa shape index (κ3) is 4.35. The number of aromatic nitrogens is 3. The van der Waals surface area contributed by atoms with Gasteiger partial charge < -0.3 is 14.4 Å². The average molecular weight is 388 g/mol. The Morgan fingerprint density at radius 2 is 1.93 bits per heavy atom. The molecule has 0 unspecified atom stereocenters. The monoisotopic (exact) mass is 387 g/mol. The highest BCUT2D eigenvalue weighted by Crippen LogP contribution is 2.29. The molecule has 0 radical (unpaired) electrons. The van der Waals surface area contributed by atoms with E-state index in [1.807, 2.05) is 49.5 Å². The van der Waals surface area contributed by atoms with Crippen molar-refractivity contribution < 1.29 is 4.79 Å². The fourth-order valence-corrected chi connectivity index (χ4v) is 4.32. The number of carbonyl (C=O) groups excluding carboxylic acids is 1. The van der Waals surface area contributed by atoms with E-state index in [1.54, 1.807) is 11.8 Å². The molecular formula is C20H29N5OS. The third-order valence-corrected chi connectivity index (χ3v) is 5.91. The molecule has 1 aliphatic rings. The van der Waals surface area contributed by atoms with Crippen molar-refractivity contribution in [3.63, 3.8) is 0 Å². The number of hydrogen-bond acceptors (Lipinski definition) is 5. The molecule has 3 rings (SSSR count). The van der Waals surface area contributed by atoms with Gasteiger partial charge in [0.25, 0.3) is 5.91 Å². The molecule has 1 aliphatic heterocycles. The van der Waals surface area contributed by atoms with Gasteiger partial charge in [-0.1, -0.05) is 12.1 Å². The molecule has 0 bridgehead atoms. The zero-order chi connectivity index (χ0) is 19.4. The number of likely N-dealkylation sites (tertiary alicyclic amines) is 1. The van der Waals surface area contributed by atoms with E-state index in [2.05, 4.69) is 26.6 Å². The minimum atomic E-state index is 0.142. The minimum Gasteiger partial charge on any atom is -0.339 e. The first kappa shape index (κ1) is 19.9. The summed E-state index contributed by atoms with van der Waals surface area (Å²) in [5.41, 5.74) is 0.813. The lowest BCUT2D eigenvalue weighted by Crippen LogP contribution is -2.38. The van der Waals surface area contributed by atoms with Crippen molar-refractivity contribution >= 4 is 17.7 Å². The Kier molecular flexibility index (Phi) is 6.55. The summed E-state index contributed by atoms with van der Waals surface area (Å²) in [4.78, 5) is 18.1. The van der Waals surface area contributed by atoms with Gasteiger partial charge in [0.1, 0.15) is 11.6 Å². The van der Waals surface area contributed by atoms with E-state index in [1.165, 1.54) is 0 Å². The summed E-state index contributed by atoms with van der Waals surface area (Å²) in [5, 5.41) is 8.91. The highest BCUT2D eigenvalue weighted by atomic mass is 32.2. The average Bonchev–Trinajstić information content (AvgIpc) is 3.09. The highest BCUT2D eigenvalue weighted by molar-refractivity contribution is 7.98. The van der Waals surface area contributed by atoms with Crippen molar-refractivity contribution in [1.82, 2.24) is 24.6 Å². The maximum absolute atomic E-state index is 12.9. The second-order valence-corrected chi connectivity index (χ2v) is 8.07. The summed E-state index contributed by atoms with van der Waals surface area (Å²) < 4.78 is 2.24. The number of amides is 1. The van der Waals surface area contributed by atoms with Crippen LogP contribution >= 0.6 is 11.8 Å². The summed E-state index contributed by atoms with van der Waals surface area (Å²) in [6.07, 6.45) is 3.89. The first-order valence-corrected chi connectivity index (χ1v) is 10.8. The van der Waals surface area contributed by atoms with Crippen molar-refractivity contribution in [2.45, 2.75) is 43.7 Å². The molecule has 1 aromatic carbocycles. The molecule has 1 aromatic heterocycles. The summed E-state index contributed by atoms with van der Waals surface area (Å²) in [5.74, 6) is 2.60. The van der Waals surface area contributed by atoms with Gasteiger partial charge >= 0.3 is 0 Å². The van der Waals surface area contributed by atoms with Crippen LogP contribution in [0.1, 0.15) is 47.7 Å². The van der Waals surface area contributed by atoms with Crippen molar-refractivity contribution in [3.8, 4) is 0 Å². The fourth-order valence-electron chi connectivity index (χ4n) is 3.73. The second-order valence-electron chi connectivity index (χ2n) is 7.22. The zero-order valence-corrected chi connectivity index (χ0v) is 17.5. The third-order valence-electron chi connectivity index (χ3n) is 5.11. The largest absolute Gasteiger partial charge is 0.339 e. The predicted octanol–water partition coefficient (Wildman–Crippen LogP) is 3.10. The first-order valence-electron chi connectivity index (χ1n) is 9.54. The van der Waals surface area contributed by atoms with E-state index in [9.17, 15) is 4.79 Å². The van der Waals surface area contributed by atoms with Crippen LogP contribution in [0, 0.1) is 0 Å². The van der Waals surface area contributed by atoms with Gasteiger partial charge in [-0.05, 0) is 52.2 Å². The predicted molar refractivity (Wildman–Crippen MR) is 109 cm³/mol. The lowest BCUT2D eigenvalue weighted by atomic mass is 9.95. The van der Waals surface area contributed by atoms with Crippen LogP contribution in [0.5, 0.6) is 0 Å². The second kappa shape index (κ2) is 8.89. The number of hydrogen-bond donors (Lipinski definition) is 0. The van der Waals surface area contributed by atoms with E-state index in [0.717, 1.165) is 61.1 Å². The summed E-state index contributed by atoms with van der Waals surface area (Å²) in [6, 6.07) is 7.87. The van der Waals surface area contributed by atoms with Crippen LogP contribution in [0.2, 0.25) is 0 Å². The van der Waals surface area contributed by atoms with Crippen LogP contribution in [-0.4, -0.2) is 63.9 Å². The quantitative estimate of drug-likeness (QED) is 0.713. The van der Waals surface area contributed by atoms with Gasteiger partial charge in [0.05, 0.1) is 12.1 Å². The van der Waals surface area contributed by atoms with Crippen molar-refractivity contribution in [3.05, 3.63) is 41.5 Å². The van der Waals surface area contributed by atoms with E-state index < -0.39 is 0 Å². The van der Waals surface area contributed by atoms with E-state index in [-0.39, 0.29) is 5.91 Å². The van der Waals surface area contributed by atoms with Gasteiger partial charge in [0, 0.05) is 30.4 Å². The van der Waals surface area contributed by atoms with Gasteiger partial charge in [0.2, 0.25) is 0 Å². The summed E-state index contributed by atoms with van der Waals surface area (Å²) in [6.45, 7) is 5.36. The Bertz CT molecular complexity index is 780. The zero-order valence-electron chi connectivity index (χ0n) is 16.7. The molecule has 146 valence electrons. The topological polar surface area (TPSA) is 54.3 Å². The SMILES string of the molecule is CCn1c(CN(C)C)nnc1C1CCN(C(=O)c2ccccc2SC)CC1. The Balaban J connectivity index is 1.69. The number of thioether (sulfide) groups is 1. The van der Waals surface area contributed by atoms with Crippen LogP contribution in [-0.2, 0) is 13.1 Å². The lowest BCUT2D eigenvalue weighted by molar-refractivity contribution is 0.0706. The van der Waals surface area contributed by atoms with E-state index in [0.29, 0.717) is 5.92 Å². The van der Waals surface area contributed by atoms with Gasteiger partial charge in [-0.3, -0.25) is 4.79 Å². The molecule has 1 saturated heterocycles. The molecule has 2 heterocycles. The number of rotatable bonds is 6. The molecule has 0 atom stereocenters. The Morgan fingerprint density at radius 3 is 2.56 bits per heavy atom. The number of benzene rings is 1. The molecule has 0 saturated carbocycles. The smallest absolute Gasteiger partial charge is 0.254 e. The lowest BCUT2D eigenvalue weighted by Gasteiger charge is -2.32. The van der Waals surface area contributed by atoms with Crippen LogP contribution < -0.4 is 0 Å². The Labute approximate surface area is 165 Å². The maximum Gasteiger partial charge on any atom is 0.254 e. The van der Waals surface area contributed by atoms with Gasteiger partial charge in [-0.15, -0.1) is 22.0 Å². The van der Waals surface area contributed by atoms with Crippen molar-refractivity contribution in [2.24, 2.45) is 0 Å². The molecule has 6 nitrogen and oxygen atoms in total. The normalized spacial score (nSPS) is 15.5. The van der Waals surface area contributed by atoms with Crippen LogP contribution in [0.4, 0.5) is 0 Å². The standard InChI is InChI=1S/C20H29N5OS/c1-5-25-18(14-23(2)3)21-22-19(25)15-10-12-24(13-11-15)20(26)16-8-6-7-9-17(16)27-4/h6-9,15H,5,10-14H2,1-4H3. The molecular weight excluding hydrogens is 358 g/mol. The number of nitrogens with zero attached hydrogens (tertiary/aromatic N) is 5. The van der Waals surface area contributed by atoms with E-state index in [4.69, 9.17) is 0 Å². The van der Waals surface area contributed by atoms with Gasteiger partial charge in [-0.25, -0.2) is 0 Å². The molecule has 0 aliphatic carbocycles. The molecule has 1 fully saturated rings. The Morgan fingerprint density at radius 1 is 1.22 bits per heavy atom. The molecule has 0 N–H and O–H groups in total. The number of piperidine rings is 1. The van der Waals surface area contributed by atoms with Crippen molar-refractivity contribution in [2.75, 3.05) is 33.4 Å². The Hall–Kier alpha value is -1.86. The van der Waals surface area contributed by atoms with Crippen molar-refractivity contribution in [1.29, 1.82) is 0 Å². The van der Waals surface area contributed by atoms with Crippen LogP contribution in [0.3, 0.4) is 0 Å². The molecule has 2 aromatic rings. The first-order chi connectivity index (χ1) is 13.0. The van der Waals surface area contributed by atoms with Gasteiger partial charge in [0.15, 0.2) is 0 Å². The molecule has 0 spiro atoms. The summed E-state index contributed by atoms with van der Waals surface area (Å²) >= 11 is 1.62. The summed E-state index contributed by atoms with van der Waals surface area (Å²) in [7, 11) is 4.09. The van der Waals surface area contributed by atoms with Gasteiger partial charge in [-0.2, -0.15) is 0 Å². The molecule has 27 heavy (non-hydrogen) atoms. The molecule has 1 amide bonds. The number of carbonyl (C=O) groups is 1. The van der Waals surface area contributed by atoms with Crippen LogP contribution in [0.25, 0.3) is 0 Å². The van der Waals surface area contributed by atoms with E-state index >= 15 is 0 Å².